The number of carbonyl (C=O) groups excluding carboxylic acids is 1. The molecule has 0 bridgehead atoms. The minimum atomic E-state index is -0.494. The smallest absolute Gasteiger partial charge is 0.336 e. The molecular weight excluding hydrogens is 382 g/mol. The summed E-state index contributed by atoms with van der Waals surface area (Å²) in [6.45, 7) is 1.95. The molecule has 6 nitrogen and oxygen atoms in total. The summed E-state index contributed by atoms with van der Waals surface area (Å²) in [6.07, 6.45) is 0. The summed E-state index contributed by atoms with van der Waals surface area (Å²) >= 11 is 6.20. The van der Waals surface area contributed by atoms with E-state index in [0.717, 1.165) is 10.9 Å². The zero-order valence-corrected chi connectivity index (χ0v) is 15.9. The number of furan rings is 1. The van der Waals surface area contributed by atoms with Gasteiger partial charge in [-0.3, -0.25) is 4.79 Å². The summed E-state index contributed by atoms with van der Waals surface area (Å²) in [5.41, 5.74) is 1.84. The van der Waals surface area contributed by atoms with E-state index >= 15 is 0 Å². The zero-order valence-electron chi connectivity index (χ0n) is 15.2. The second-order valence-electron chi connectivity index (χ2n) is 6.36. The summed E-state index contributed by atoms with van der Waals surface area (Å²) < 4.78 is 16.1. The highest BCUT2D eigenvalue weighted by molar-refractivity contribution is 6.32. The molecule has 2 aromatic heterocycles. The highest BCUT2D eigenvalue weighted by Gasteiger charge is 2.16. The normalized spacial score (nSPS) is 11.1. The number of aryl methyl sites for hydroxylation is 1. The second-order valence-corrected chi connectivity index (χ2v) is 6.77. The number of methoxy groups -OCH3 is 1. The van der Waals surface area contributed by atoms with Crippen LogP contribution in [0.15, 0.2) is 56.1 Å². The maximum atomic E-state index is 12.6. The second kappa shape index (κ2) is 7.05. The van der Waals surface area contributed by atoms with Crippen LogP contribution in [0, 0.1) is 6.92 Å². The van der Waals surface area contributed by atoms with Crippen molar-refractivity contribution in [3.05, 3.63) is 74.8 Å². The van der Waals surface area contributed by atoms with Crippen molar-refractivity contribution in [3.63, 3.8) is 0 Å². The largest absolute Gasteiger partial charge is 0.493 e. The zero-order chi connectivity index (χ0) is 19.8. The number of amides is 1. The van der Waals surface area contributed by atoms with E-state index in [1.807, 2.05) is 19.1 Å². The van der Waals surface area contributed by atoms with E-state index in [0.29, 0.717) is 32.9 Å². The number of benzene rings is 2. The van der Waals surface area contributed by atoms with Crippen molar-refractivity contribution >= 4 is 39.4 Å². The molecule has 2 heterocycles. The van der Waals surface area contributed by atoms with Gasteiger partial charge in [0.1, 0.15) is 5.58 Å². The molecule has 0 spiro atoms. The molecule has 1 amide bonds. The Morgan fingerprint density at radius 3 is 2.79 bits per heavy atom. The molecule has 28 heavy (non-hydrogen) atoms. The maximum absolute atomic E-state index is 12.6. The number of hydrogen-bond acceptors (Lipinski definition) is 5. The van der Waals surface area contributed by atoms with Gasteiger partial charge in [-0.2, -0.15) is 0 Å². The number of ether oxygens (including phenoxy) is 1. The highest BCUT2D eigenvalue weighted by Crippen LogP contribution is 2.29. The van der Waals surface area contributed by atoms with Gasteiger partial charge in [0, 0.05) is 28.4 Å². The van der Waals surface area contributed by atoms with Crippen LogP contribution < -0.4 is 15.7 Å². The molecule has 0 radical (unpaired) electrons. The third-order valence-electron chi connectivity index (χ3n) is 4.50. The van der Waals surface area contributed by atoms with Crippen LogP contribution >= 0.6 is 11.6 Å². The van der Waals surface area contributed by atoms with Crippen LogP contribution in [0.4, 0.5) is 0 Å². The molecule has 142 valence electrons. The molecule has 1 N–H and O–H groups in total. The van der Waals surface area contributed by atoms with Crippen molar-refractivity contribution in [2.24, 2.45) is 0 Å². The minimum absolute atomic E-state index is 0.120. The van der Waals surface area contributed by atoms with E-state index in [2.05, 4.69) is 5.32 Å². The number of carbonyl (C=O) groups is 1. The van der Waals surface area contributed by atoms with Gasteiger partial charge in [-0.05, 0) is 42.3 Å². The molecule has 0 saturated heterocycles. The monoisotopic (exact) mass is 397 g/mol. The van der Waals surface area contributed by atoms with Gasteiger partial charge in [-0.25, -0.2) is 4.79 Å². The Labute approximate surface area is 164 Å². The summed E-state index contributed by atoms with van der Waals surface area (Å²) in [5.74, 6) is 0.298. The van der Waals surface area contributed by atoms with Crippen LogP contribution in [0.2, 0.25) is 5.02 Å². The minimum Gasteiger partial charge on any atom is -0.493 e. The fourth-order valence-corrected chi connectivity index (χ4v) is 3.23. The molecule has 4 rings (SSSR count). The molecule has 0 atom stereocenters. The average molecular weight is 398 g/mol. The van der Waals surface area contributed by atoms with E-state index in [1.54, 1.807) is 24.3 Å². The van der Waals surface area contributed by atoms with Crippen molar-refractivity contribution in [2.75, 3.05) is 7.11 Å². The van der Waals surface area contributed by atoms with E-state index in [-0.39, 0.29) is 12.3 Å². The first kappa shape index (κ1) is 18.1. The predicted molar refractivity (Wildman–Crippen MR) is 106 cm³/mol. The quantitative estimate of drug-likeness (QED) is 0.515. The number of rotatable bonds is 4. The Morgan fingerprint density at radius 1 is 1.18 bits per heavy atom. The first-order chi connectivity index (χ1) is 13.5. The number of nitrogens with one attached hydrogen (secondary N) is 1. The first-order valence-corrected chi connectivity index (χ1v) is 8.91. The Kier molecular flexibility index (Phi) is 4.57. The molecule has 0 unspecified atom stereocenters. The van der Waals surface area contributed by atoms with Gasteiger partial charge in [-0.15, -0.1) is 0 Å². The maximum Gasteiger partial charge on any atom is 0.336 e. The fraction of sp³-hybridized carbons (Fsp3) is 0.143. The van der Waals surface area contributed by atoms with E-state index in [9.17, 15) is 9.59 Å². The third-order valence-corrected chi connectivity index (χ3v) is 4.91. The number of halogens is 1. The molecule has 0 aliphatic rings. The number of para-hydroxylation sites is 1. The van der Waals surface area contributed by atoms with Gasteiger partial charge in [-0.1, -0.05) is 23.7 Å². The Balaban J connectivity index is 1.63. The van der Waals surface area contributed by atoms with Gasteiger partial charge in [0.25, 0.3) is 5.91 Å². The van der Waals surface area contributed by atoms with Crippen LogP contribution in [-0.4, -0.2) is 13.0 Å². The van der Waals surface area contributed by atoms with E-state index in [4.69, 9.17) is 25.2 Å². The average Bonchev–Trinajstić information content (AvgIpc) is 3.11. The van der Waals surface area contributed by atoms with Crippen molar-refractivity contribution in [1.29, 1.82) is 0 Å². The summed E-state index contributed by atoms with van der Waals surface area (Å²) in [6, 6.07) is 11.8. The molecule has 0 aliphatic carbocycles. The molecule has 0 saturated carbocycles. The van der Waals surface area contributed by atoms with Crippen LogP contribution in [0.25, 0.3) is 21.9 Å². The Hall–Kier alpha value is -3.25. The van der Waals surface area contributed by atoms with Gasteiger partial charge in [0.2, 0.25) is 0 Å². The van der Waals surface area contributed by atoms with Gasteiger partial charge in [0.15, 0.2) is 17.1 Å². The lowest BCUT2D eigenvalue weighted by atomic mass is 10.1. The lowest BCUT2D eigenvalue weighted by Gasteiger charge is -2.08. The van der Waals surface area contributed by atoms with Crippen LogP contribution in [-0.2, 0) is 6.54 Å². The molecule has 7 heteroatoms. The lowest BCUT2D eigenvalue weighted by molar-refractivity contribution is 0.0925. The molecule has 4 aromatic rings. The highest BCUT2D eigenvalue weighted by atomic mass is 35.5. The summed E-state index contributed by atoms with van der Waals surface area (Å²) in [5, 5.41) is 4.75. The van der Waals surface area contributed by atoms with Crippen LogP contribution in [0.5, 0.6) is 5.75 Å². The van der Waals surface area contributed by atoms with Crippen LogP contribution in [0.3, 0.4) is 0 Å². The van der Waals surface area contributed by atoms with Gasteiger partial charge >= 0.3 is 5.63 Å². The first-order valence-electron chi connectivity index (χ1n) is 8.54. The SMILES string of the molecule is COc1cccc2cc(C(=O)NCc3cc(=O)oc4cc(C)c(Cl)cc34)oc12. The topological polar surface area (TPSA) is 81.7 Å². The predicted octanol–water partition coefficient (Wildman–Crippen LogP) is 4.44. The molecule has 0 aliphatic heterocycles. The van der Waals surface area contributed by atoms with Crippen molar-refractivity contribution < 1.29 is 18.4 Å². The molecular formula is C21H16ClNO5. The van der Waals surface area contributed by atoms with Gasteiger partial charge in [0.05, 0.1) is 7.11 Å². The Bertz CT molecular complexity index is 1270. The fourth-order valence-electron chi connectivity index (χ4n) is 3.07. The lowest BCUT2D eigenvalue weighted by Crippen LogP contribution is -2.23. The summed E-state index contributed by atoms with van der Waals surface area (Å²) in [4.78, 5) is 24.4. The van der Waals surface area contributed by atoms with Gasteiger partial charge < -0.3 is 18.9 Å². The number of fused-ring (bicyclic) bond motifs is 2. The molecule has 0 fully saturated rings. The third kappa shape index (κ3) is 3.23. The Morgan fingerprint density at radius 2 is 2.00 bits per heavy atom. The summed E-state index contributed by atoms with van der Waals surface area (Å²) in [7, 11) is 1.54. The van der Waals surface area contributed by atoms with E-state index < -0.39 is 11.5 Å². The number of hydrogen-bond donors (Lipinski definition) is 1. The van der Waals surface area contributed by atoms with Crippen molar-refractivity contribution in [3.8, 4) is 5.75 Å². The molecule has 2 aromatic carbocycles. The van der Waals surface area contributed by atoms with Crippen LogP contribution in [0.1, 0.15) is 21.7 Å². The van der Waals surface area contributed by atoms with E-state index in [1.165, 1.54) is 13.2 Å². The van der Waals surface area contributed by atoms with Crippen molar-refractivity contribution in [2.45, 2.75) is 13.5 Å². The standard InChI is InChI=1S/C21H16ClNO5/c1-11-6-17-14(9-15(11)22)13(8-19(24)27-17)10-23-21(25)18-7-12-4-3-5-16(26-2)20(12)28-18/h3-9H,10H2,1-2H3,(H,23,25). The van der Waals surface area contributed by atoms with Crippen molar-refractivity contribution in [1.82, 2.24) is 5.32 Å².